The summed E-state index contributed by atoms with van der Waals surface area (Å²) in [4.78, 5) is 36.4. The van der Waals surface area contributed by atoms with E-state index in [1.807, 2.05) is 0 Å². The summed E-state index contributed by atoms with van der Waals surface area (Å²) in [6, 6.07) is 11.4. The molecule has 2 rings (SSSR count). The van der Waals surface area contributed by atoms with Gasteiger partial charge in [-0.05, 0) is 5.56 Å². The number of methoxy groups -OCH3 is 3. The minimum atomic E-state index is -1.03. The van der Waals surface area contributed by atoms with Crippen LogP contribution in [0.3, 0.4) is 0 Å². The number of ether oxygens (including phenoxy) is 3. The molecule has 0 aromatic heterocycles. The van der Waals surface area contributed by atoms with Crippen LogP contribution in [-0.4, -0.2) is 50.8 Å². The average molecular weight is 402 g/mol. The number of esters is 1. The summed E-state index contributed by atoms with van der Waals surface area (Å²) < 4.78 is 15.0. The summed E-state index contributed by atoms with van der Waals surface area (Å²) in [5, 5.41) is 14.8. The summed E-state index contributed by atoms with van der Waals surface area (Å²) in [7, 11) is 3.96. The van der Waals surface area contributed by atoms with Crippen LogP contribution in [0.1, 0.15) is 22.0 Å². The maximum atomic E-state index is 12.2. The van der Waals surface area contributed by atoms with Crippen molar-refractivity contribution in [1.29, 1.82) is 0 Å². The zero-order chi connectivity index (χ0) is 21.4. The van der Waals surface area contributed by atoms with E-state index in [0.717, 1.165) is 0 Å². The van der Waals surface area contributed by atoms with E-state index in [-0.39, 0.29) is 29.3 Å². The smallest absolute Gasteiger partial charge is 0.340 e. The van der Waals surface area contributed by atoms with Crippen LogP contribution in [0.2, 0.25) is 0 Å². The fourth-order valence-electron chi connectivity index (χ4n) is 2.50. The molecule has 0 spiro atoms. The van der Waals surface area contributed by atoms with Crippen LogP contribution in [0.25, 0.3) is 0 Å². The lowest BCUT2D eigenvalue weighted by atomic mass is 10.1. The number of benzene rings is 2. The summed E-state index contributed by atoms with van der Waals surface area (Å²) in [5.74, 6) is -2.24. The number of nitrogens with one attached hydrogen (secondary N) is 2. The molecule has 9 heteroatoms. The molecule has 9 nitrogen and oxygen atoms in total. The van der Waals surface area contributed by atoms with E-state index in [1.165, 1.54) is 33.5 Å². The van der Waals surface area contributed by atoms with Crippen LogP contribution < -0.4 is 20.1 Å². The van der Waals surface area contributed by atoms with Gasteiger partial charge in [0.25, 0.3) is 0 Å². The minimum absolute atomic E-state index is 0.0123. The monoisotopic (exact) mass is 402 g/mol. The molecule has 0 saturated heterocycles. The second-order valence-corrected chi connectivity index (χ2v) is 5.83. The molecule has 154 valence electrons. The lowest BCUT2D eigenvalue weighted by Gasteiger charge is -2.15. The predicted octanol–water partition coefficient (Wildman–Crippen LogP) is 1.28. The largest absolute Gasteiger partial charge is 0.493 e. The first-order valence-electron chi connectivity index (χ1n) is 8.57. The van der Waals surface area contributed by atoms with E-state index in [9.17, 15) is 19.5 Å². The first-order chi connectivity index (χ1) is 13.9. The highest BCUT2D eigenvalue weighted by atomic mass is 16.5. The second-order valence-electron chi connectivity index (χ2n) is 5.83. The van der Waals surface area contributed by atoms with Gasteiger partial charge in [-0.15, -0.1) is 0 Å². The molecule has 0 saturated carbocycles. The number of carbonyl (C=O) groups excluding carboxylic acids is 3. The first-order valence-corrected chi connectivity index (χ1v) is 8.57. The highest BCUT2D eigenvalue weighted by Crippen LogP contribution is 2.33. The number of carbonyl (C=O) groups is 3. The van der Waals surface area contributed by atoms with Gasteiger partial charge in [-0.2, -0.15) is 0 Å². The highest BCUT2D eigenvalue weighted by Gasteiger charge is 2.22. The number of anilines is 1. The summed E-state index contributed by atoms with van der Waals surface area (Å²) in [5.41, 5.74) is 0.593. The Morgan fingerprint density at radius 2 is 1.59 bits per heavy atom. The number of aliphatic hydroxyl groups is 1. The number of hydrogen-bond donors (Lipinski definition) is 3. The summed E-state index contributed by atoms with van der Waals surface area (Å²) in [6.07, 6.45) is -0.973. The van der Waals surface area contributed by atoms with E-state index in [0.29, 0.717) is 5.56 Å². The van der Waals surface area contributed by atoms with Crippen LogP contribution in [0.15, 0.2) is 42.5 Å². The highest BCUT2D eigenvalue weighted by molar-refractivity contribution is 6.40. The maximum Gasteiger partial charge on any atom is 0.340 e. The van der Waals surface area contributed by atoms with Gasteiger partial charge in [0.1, 0.15) is 0 Å². The van der Waals surface area contributed by atoms with Crippen LogP contribution in [0, 0.1) is 0 Å². The third kappa shape index (κ3) is 5.45. The van der Waals surface area contributed by atoms with Gasteiger partial charge in [0.05, 0.1) is 38.7 Å². The van der Waals surface area contributed by atoms with E-state index in [2.05, 4.69) is 10.6 Å². The normalized spacial score (nSPS) is 11.2. The van der Waals surface area contributed by atoms with Crippen LogP contribution >= 0.6 is 0 Å². The van der Waals surface area contributed by atoms with Crippen molar-refractivity contribution < 1.29 is 33.7 Å². The Balaban J connectivity index is 2.12. The standard InChI is InChI=1S/C20H22N2O7/c1-27-16-9-13(20(26)29-3)14(10-17(16)28-2)22-19(25)18(24)21-11-15(23)12-7-5-4-6-8-12/h4-10,15,23H,11H2,1-3H3,(H,21,24)(H,22,25)/t15-/m0/s1. The molecule has 1 atom stereocenters. The van der Waals surface area contributed by atoms with Crippen molar-refractivity contribution in [2.45, 2.75) is 6.10 Å². The van der Waals surface area contributed by atoms with Crippen molar-refractivity contribution in [3.8, 4) is 11.5 Å². The van der Waals surface area contributed by atoms with Gasteiger partial charge in [-0.25, -0.2) is 4.79 Å². The van der Waals surface area contributed by atoms with Gasteiger partial charge in [-0.3, -0.25) is 9.59 Å². The zero-order valence-corrected chi connectivity index (χ0v) is 16.2. The Hall–Kier alpha value is -3.59. The Bertz CT molecular complexity index is 884. The topological polar surface area (TPSA) is 123 Å². The van der Waals surface area contributed by atoms with E-state index < -0.39 is 23.9 Å². The van der Waals surface area contributed by atoms with E-state index in [4.69, 9.17) is 14.2 Å². The van der Waals surface area contributed by atoms with Gasteiger partial charge in [-0.1, -0.05) is 30.3 Å². The quantitative estimate of drug-likeness (QED) is 0.471. The Morgan fingerprint density at radius 1 is 0.966 bits per heavy atom. The predicted molar refractivity (Wildman–Crippen MR) is 104 cm³/mol. The molecule has 0 unspecified atom stereocenters. The van der Waals surface area contributed by atoms with Crippen LogP contribution in [-0.2, 0) is 14.3 Å². The molecule has 2 amide bonds. The minimum Gasteiger partial charge on any atom is -0.493 e. The van der Waals surface area contributed by atoms with Crippen molar-refractivity contribution in [1.82, 2.24) is 5.32 Å². The summed E-state index contributed by atoms with van der Waals surface area (Å²) in [6.45, 7) is -0.161. The molecule has 0 radical (unpaired) electrons. The molecule has 0 aliphatic rings. The van der Waals surface area contributed by atoms with E-state index >= 15 is 0 Å². The Morgan fingerprint density at radius 3 is 2.17 bits per heavy atom. The zero-order valence-electron chi connectivity index (χ0n) is 16.2. The van der Waals surface area contributed by atoms with Crippen molar-refractivity contribution in [2.75, 3.05) is 33.2 Å². The molecule has 29 heavy (non-hydrogen) atoms. The molecule has 0 bridgehead atoms. The number of hydrogen-bond acceptors (Lipinski definition) is 7. The molecule has 0 fully saturated rings. The number of rotatable bonds is 7. The van der Waals surface area contributed by atoms with Crippen molar-refractivity contribution in [2.24, 2.45) is 0 Å². The molecule has 0 heterocycles. The third-order valence-electron chi connectivity index (χ3n) is 4.02. The second kappa shape index (κ2) is 10.1. The van der Waals surface area contributed by atoms with Crippen molar-refractivity contribution >= 4 is 23.5 Å². The van der Waals surface area contributed by atoms with Gasteiger partial charge in [0.15, 0.2) is 11.5 Å². The molecule has 3 N–H and O–H groups in total. The van der Waals surface area contributed by atoms with Crippen molar-refractivity contribution in [3.63, 3.8) is 0 Å². The lowest BCUT2D eigenvalue weighted by Crippen LogP contribution is -2.38. The van der Waals surface area contributed by atoms with Crippen molar-refractivity contribution in [3.05, 3.63) is 53.6 Å². The van der Waals surface area contributed by atoms with Crippen LogP contribution in [0.5, 0.6) is 11.5 Å². The van der Waals surface area contributed by atoms with Crippen LogP contribution in [0.4, 0.5) is 5.69 Å². The Labute approximate surface area is 167 Å². The Kier molecular flexibility index (Phi) is 7.55. The number of aliphatic hydroxyl groups excluding tert-OH is 1. The fraction of sp³-hybridized carbons (Fsp3) is 0.250. The molecule has 2 aromatic carbocycles. The summed E-state index contributed by atoms with van der Waals surface area (Å²) >= 11 is 0. The fourth-order valence-corrected chi connectivity index (χ4v) is 2.50. The van der Waals surface area contributed by atoms with Gasteiger partial charge in [0, 0.05) is 18.7 Å². The van der Waals surface area contributed by atoms with Gasteiger partial charge in [0.2, 0.25) is 0 Å². The molecule has 0 aliphatic carbocycles. The molecule has 2 aromatic rings. The average Bonchev–Trinajstić information content (AvgIpc) is 2.76. The number of amides is 2. The van der Waals surface area contributed by atoms with Gasteiger partial charge < -0.3 is 30.0 Å². The first kappa shape index (κ1) is 21.7. The molecular weight excluding hydrogens is 380 g/mol. The molecular formula is C20H22N2O7. The lowest BCUT2D eigenvalue weighted by molar-refractivity contribution is -0.136. The third-order valence-corrected chi connectivity index (χ3v) is 4.02. The molecule has 0 aliphatic heterocycles. The van der Waals surface area contributed by atoms with E-state index in [1.54, 1.807) is 30.3 Å². The SMILES string of the molecule is COC(=O)c1cc(OC)c(OC)cc1NC(=O)C(=O)NC[C@H](O)c1ccccc1. The maximum absolute atomic E-state index is 12.2. The van der Waals surface area contributed by atoms with Gasteiger partial charge >= 0.3 is 17.8 Å².